The molecule has 1 heterocycles. The van der Waals surface area contributed by atoms with Gasteiger partial charge in [0, 0.05) is 18.3 Å². The zero-order valence-electron chi connectivity index (χ0n) is 9.33. The molecule has 80 valence electrons. The predicted molar refractivity (Wildman–Crippen MR) is 60.9 cm³/mol. The van der Waals surface area contributed by atoms with E-state index in [1.165, 1.54) is 6.42 Å². The Morgan fingerprint density at radius 3 is 2.79 bits per heavy atom. The topological polar surface area (TPSA) is 64.4 Å². The van der Waals surface area contributed by atoms with Crippen molar-refractivity contribution in [1.82, 2.24) is 0 Å². The van der Waals surface area contributed by atoms with Crippen LogP contribution in [0, 0.1) is 17.8 Å². The molecule has 0 radical (unpaired) electrons. The van der Waals surface area contributed by atoms with Crippen molar-refractivity contribution in [3.05, 3.63) is 11.8 Å². The number of amidine groups is 1. The molecule has 0 aromatic rings. The predicted octanol–water partition coefficient (Wildman–Crippen LogP) is 1.50. The summed E-state index contributed by atoms with van der Waals surface area (Å²) in [7, 11) is 0. The van der Waals surface area contributed by atoms with Gasteiger partial charge in [-0.3, -0.25) is 4.99 Å². The Balaban J connectivity index is 2.86. The molecule has 0 aromatic carbocycles. The molecule has 1 rings (SSSR count). The number of rotatable bonds is 2. The van der Waals surface area contributed by atoms with Crippen molar-refractivity contribution in [2.24, 2.45) is 34.2 Å². The van der Waals surface area contributed by atoms with Gasteiger partial charge >= 0.3 is 0 Å². The fourth-order valence-electron chi connectivity index (χ4n) is 2.13. The molecule has 0 bridgehead atoms. The number of nitrogens with zero attached hydrogens (tertiary/aromatic N) is 1. The van der Waals surface area contributed by atoms with Crippen molar-refractivity contribution in [3.63, 3.8) is 0 Å². The van der Waals surface area contributed by atoms with E-state index < -0.39 is 0 Å². The largest absolute Gasteiger partial charge is 0.404 e. The molecule has 4 N–H and O–H groups in total. The SMILES string of the molecule is CC[C@@H](C)[C@@H]1CN=C(N)/C(=C/N)C1C. The Kier molecular flexibility index (Phi) is 3.55. The van der Waals surface area contributed by atoms with Crippen LogP contribution in [0.4, 0.5) is 0 Å². The van der Waals surface area contributed by atoms with E-state index in [4.69, 9.17) is 11.5 Å². The maximum atomic E-state index is 5.79. The highest BCUT2D eigenvalue weighted by molar-refractivity contribution is 5.97. The van der Waals surface area contributed by atoms with Crippen LogP contribution in [0.25, 0.3) is 0 Å². The van der Waals surface area contributed by atoms with Gasteiger partial charge < -0.3 is 11.5 Å². The van der Waals surface area contributed by atoms with Gasteiger partial charge in [0.1, 0.15) is 5.84 Å². The van der Waals surface area contributed by atoms with E-state index in [0.29, 0.717) is 23.6 Å². The molecule has 3 heteroatoms. The van der Waals surface area contributed by atoms with E-state index >= 15 is 0 Å². The third kappa shape index (κ3) is 1.91. The van der Waals surface area contributed by atoms with Crippen LogP contribution in [-0.2, 0) is 0 Å². The van der Waals surface area contributed by atoms with Gasteiger partial charge in [-0.15, -0.1) is 0 Å². The van der Waals surface area contributed by atoms with E-state index in [2.05, 4.69) is 25.8 Å². The average molecular weight is 195 g/mol. The molecule has 0 saturated heterocycles. The number of hydrogen-bond acceptors (Lipinski definition) is 3. The van der Waals surface area contributed by atoms with Crippen molar-refractivity contribution in [2.75, 3.05) is 6.54 Å². The van der Waals surface area contributed by atoms with Gasteiger partial charge in [-0.2, -0.15) is 0 Å². The van der Waals surface area contributed by atoms with Gasteiger partial charge in [0.25, 0.3) is 0 Å². The lowest BCUT2D eigenvalue weighted by atomic mass is 9.76. The van der Waals surface area contributed by atoms with E-state index in [1.54, 1.807) is 6.20 Å². The first-order valence-corrected chi connectivity index (χ1v) is 5.33. The summed E-state index contributed by atoms with van der Waals surface area (Å²) in [5.74, 6) is 2.32. The first kappa shape index (κ1) is 11.1. The summed E-state index contributed by atoms with van der Waals surface area (Å²) in [6, 6.07) is 0. The second kappa shape index (κ2) is 4.49. The van der Waals surface area contributed by atoms with Gasteiger partial charge in [0.2, 0.25) is 0 Å². The summed E-state index contributed by atoms with van der Waals surface area (Å²) < 4.78 is 0. The average Bonchev–Trinajstić information content (AvgIpc) is 2.18. The van der Waals surface area contributed by atoms with Crippen LogP contribution in [0.3, 0.4) is 0 Å². The Hall–Kier alpha value is -0.990. The smallest absolute Gasteiger partial charge is 0.123 e. The zero-order chi connectivity index (χ0) is 10.7. The monoisotopic (exact) mass is 195 g/mol. The summed E-state index contributed by atoms with van der Waals surface area (Å²) in [5.41, 5.74) is 12.4. The van der Waals surface area contributed by atoms with Crippen LogP contribution in [0.2, 0.25) is 0 Å². The second-order valence-corrected chi connectivity index (χ2v) is 4.19. The van der Waals surface area contributed by atoms with Crippen LogP contribution < -0.4 is 11.5 Å². The lowest BCUT2D eigenvalue weighted by Crippen LogP contribution is -2.35. The second-order valence-electron chi connectivity index (χ2n) is 4.19. The van der Waals surface area contributed by atoms with Crippen LogP contribution in [0.5, 0.6) is 0 Å². The first-order chi connectivity index (χ1) is 6.61. The number of aliphatic imine (C=N–C) groups is 1. The Morgan fingerprint density at radius 1 is 1.64 bits per heavy atom. The van der Waals surface area contributed by atoms with E-state index in [1.807, 2.05) is 0 Å². The number of nitrogens with two attached hydrogens (primary N) is 2. The minimum absolute atomic E-state index is 0.437. The zero-order valence-corrected chi connectivity index (χ0v) is 9.33. The fraction of sp³-hybridized carbons (Fsp3) is 0.727. The molecule has 1 aliphatic rings. The Bertz CT molecular complexity index is 255. The highest BCUT2D eigenvalue weighted by atomic mass is 14.9. The quantitative estimate of drug-likeness (QED) is 0.701. The van der Waals surface area contributed by atoms with Crippen molar-refractivity contribution < 1.29 is 0 Å². The third-order valence-electron chi connectivity index (χ3n) is 3.46. The van der Waals surface area contributed by atoms with Crippen LogP contribution in [-0.4, -0.2) is 12.4 Å². The Morgan fingerprint density at radius 2 is 2.29 bits per heavy atom. The van der Waals surface area contributed by atoms with Gasteiger partial charge in [-0.25, -0.2) is 0 Å². The molecular formula is C11H21N3. The van der Waals surface area contributed by atoms with E-state index in [-0.39, 0.29) is 0 Å². The minimum atomic E-state index is 0.437. The van der Waals surface area contributed by atoms with Crippen LogP contribution in [0.1, 0.15) is 27.2 Å². The van der Waals surface area contributed by atoms with Crippen molar-refractivity contribution >= 4 is 5.84 Å². The van der Waals surface area contributed by atoms with Crippen LogP contribution in [0.15, 0.2) is 16.8 Å². The van der Waals surface area contributed by atoms with Gasteiger partial charge in [0.15, 0.2) is 0 Å². The van der Waals surface area contributed by atoms with Gasteiger partial charge in [0.05, 0.1) is 0 Å². The molecule has 1 aliphatic heterocycles. The molecule has 3 nitrogen and oxygen atoms in total. The first-order valence-electron chi connectivity index (χ1n) is 5.33. The minimum Gasteiger partial charge on any atom is -0.404 e. The molecule has 0 saturated carbocycles. The molecular weight excluding hydrogens is 174 g/mol. The summed E-state index contributed by atoms with van der Waals surface area (Å²) in [5, 5.41) is 0. The van der Waals surface area contributed by atoms with Crippen molar-refractivity contribution in [2.45, 2.75) is 27.2 Å². The molecule has 14 heavy (non-hydrogen) atoms. The molecule has 1 unspecified atom stereocenters. The lowest BCUT2D eigenvalue weighted by molar-refractivity contribution is 0.282. The summed E-state index contributed by atoms with van der Waals surface area (Å²) >= 11 is 0. The van der Waals surface area contributed by atoms with E-state index in [9.17, 15) is 0 Å². The maximum Gasteiger partial charge on any atom is 0.123 e. The van der Waals surface area contributed by atoms with Crippen molar-refractivity contribution in [1.29, 1.82) is 0 Å². The normalized spacial score (nSPS) is 32.8. The highest BCUT2D eigenvalue weighted by Crippen LogP contribution is 2.31. The molecule has 0 amide bonds. The van der Waals surface area contributed by atoms with Crippen LogP contribution >= 0.6 is 0 Å². The summed E-state index contributed by atoms with van der Waals surface area (Å²) in [4.78, 5) is 4.33. The molecule has 0 aromatic heterocycles. The molecule has 0 spiro atoms. The van der Waals surface area contributed by atoms with E-state index in [0.717, 1.165) is 12.1 Å². The highest BCUT2D eigenvalue weighted by Gasteiger charge is 2.29. The maximum absolute atomic E-state index is 5.79. The van der Waals surface area contributed by atoms with Gasteiger partial charge in [-0.1, -0.05) is 27.2 Å². The standard InChI is InChI=1S/C11H21N3/c1-4-7(2)10-6-14-11(13)9(5-12)8(10)3/h5,7-8,10H,4,6,12H2,1-3H3,(H2,13,14)/b9-5+/t7-,8?,10+/m1/s1. The summed E-state index contributed by atoms with van der Waals surface area (Å²) in [6.45, 7) is 7.52. The molecule has 3 atom stereocenters. The fourth-order valence-corrected chi connectivity index (χ4v) is 2.13. The number of hydrogen-bond donors (Lipinski definition) is 2. The molecule has 0 fully saturated rings. The third-order valence-corrected chi connectivity index (χ3v) is 3.46. The lowest BCUT2D eigenvalue weighted by Gasteiger charge is -2.32. The Labute approximate surface area is 86.3 Å². The molecule has 0 aliphatic carbocycles. The van der Waals surface area contributed by atoms with Gasteiger partial charge in [-0.05, 0) is 17.8 Å². The summed E-state index contributed by atoms with van der Waals surface area (Å²) in [6.07, 6.45) is 2.79. The van der Waals surface area contributed by atoms with Crippen molar-refractivity contribution in [3.8, 4) is 0 Å².